The van der Waals surface area contributed by atoms with Gasteiger partial charge in [0.15, 0.2) is 12.0 Å². The van der Waals surface area contributed by atoms with Crippen molar-refractivity contribution >= 4 is 17.1 Å². The van der Waals surface area contributed by atoms with Gasteiger partial charge in [-0.25, -0.2) is 0 Å². The van der Waals surface area contributed by atoms with Crippen molar-refractivity contribution in [3.05, 3.63) is 53.5 Å². The molecule has 0 saturated carbocycles. The first-order valence-corrected chi connectivity index (χ1v) is 6.50. The molecule has 0 N–H and O–H groups in total. The van der Waals surface area contributed by atoms with Gasteiger partial charge < -0.3 is 4.42 Å². The topological polar surface area (TPSA) is 47.3 Å². The molecule has 17 heavy (non-hydrogen) atoms. The molecule has 0 aliphatic carbocycles. The number of carbonyl (C=O) groups is 1. The number of hydrogen-bond acceptors (Lipinski definition) is 3. The van der Waals surface area contributed by atoms with E-state index in [4.69, 9.17) is 4.42 Å². The zero-order chi connectivity index (χ0) is 12.3. The van der Waals surface area contributed by atoms with E-state index in [0.29, 0.717) is 12.0 Å². The second kappa shape index (κ2) is 5.10. The van der Waals surface area contributed by atoms with Crippen LogP contribution in [0.15, 0.2) is 45.7 Å². The Morgan fingerprint density at radius 3 is 2.47 bits per heavy atom. The van der Waals surface area contributed by atoms with E-state index < -0.39 is 10.8 Å². The second-order valence-corrected chi connectivity index (χ2v) is 5.18. The van der Waals surface area contributed by atoms with Crippen LogP contribution in [-0.4, -0.2) is 10.5 Å². The summed E-state index contributed by atoms with van der Waals surface area (Å²) in [6, 6.07) is 10.8. The molecule has 2 rings (SSSR count). The zero-order valence-corrected chi connectivity index (χ0v) is 10.2. The van der Waals surface area contributed by atoms with Crippen LogP contribution in [0, 0.1) is 6.92 Å². The van der Waals surface area contributed by atoms with Crippen molar-refractivity contribution in [2.75, 3.05) is 0 Å². The Bertz CT molecular complexity index is 540. The highest BCUT2D eigenvalue weighted by atomic mass is 32.2. The molecule has 0 aliphatic heterocycles. The molecular weight excluding hydrogens is 236 g/mol. The maximum absolute atomic E-state index is 12.0. The minimum absolute atomic E-state index is 0.265. The lowest BCUT2D eigenvalue weighted by atomic mass is 10.2. The van der Waals surface area contributed by atoms with E-state index in [1.807, 2.05) is 31.2 Å². The summed E-state index contributed by atoms with van der Waals surface area (Å²) < 4.78 is 17.2. The molecule has 0 fully saturated rings. The molecule has 1 atom stereocenters. The SMILES string of the molecule is Cc1ccc(S(=O)Cc2ccc(C=O)o2)cc1. The summed E-state index contributed by atoms with van der Waals surface area (Å²) in [4.78, 5) is 11.2. The van der Waals surface area contributed by atoms with Crippen LogP contribution in [0.3, 0.4) is 0 Å². The van der Waals surface area contributed by atoms with E-state index in [-0.39, 0.29) is 11.5 Å². The molecule has 3 nitrogen and oxygen atoms in total. The van der Waals surface area contributed by atoms with Gasteiger partial charge in [-0.15, -0.1) is 0 Å². The molecule has 1 aromatic carbocycles. The third-order valence-corrected chi connectivity index (χ3v) is 3.70. The molecule has 0 spiro atoms. The van der Waals surface area contributed by atoms with E-state index in [1.54, 1.807) is 12.1 Å². The normalized spacial score (nSPS) is 12.3. The van der Waals surface area contributed by atoms with Crippen LogP contribution >= 0.6 is 0 Å². The van der Waals surface area contributed by atoms with Crippen molar-refractivity contribution in [1.82, 2.24) is 0 Å². The lowest BCUT2D eigenvalue weighted by Crippen LogP contribution is -1.95. The van der Waals surface area contributed by atoms with Gasteiger partial charge in [0.1, 0.15) is 5.76 Å². The van der Waals surface area contributed by atoms with Gasteiger partial charge in [-0.05, 0) is 31.2 Å². The number of benzene rings is 1. The average molecular weight is 248 g/mol. The Labute approximate surface area is 102 Å². The van der Waals surface area contributed by atoms with E-state index in [1.165, 1.54) is 0 Å². The van der Waals surface area contributed by atoms with Gasteiger partial charge >= 0.3 is 0 Å². The number of carbonyl (C=O) groups excluding carboxylic acids is 1. The number of furan rings is 1. The minimum atomic E-state index is -1.14. The molecule has 0 radical (unpaired) electrons. The summed E-state index contributed by atoms with van der Waals surface area (Å²) in [7, 11) is -1.14. The summed E-state index contributed by atoms with van der Waals surface area (Å²) in [6.07, 6.45) is 0.637. The zero-order valence-electron chi connectivity index (χ0n) is 9.38. The molecular formula is C13H12O3S. The minimum Gasteiger partial charge on any atom is -0.457 e. The maximum atomic E-state index is 12.0. The first kappa shape index (κ1) is 11.8. The molecule has 0 bridgehead atoms. The lowest BCUT2D eigenvalue weighted by molar-refractivity contribution is 0.109. The van der Waals surface area contributed by atoms with Crippen molar-refractivity contribution in [3.63, 3.8) is 0 Å². The van der Waals surface area contributed by atoms with E-state index in [0.717, 1.165) is 10.5 Å². The van der Waals surface area contributed by atoms with Crippen LogP contribution in [-0.2, 0) is 16.6 Å². The van der Waals surface area contributed by atoms with E-state index in [9.17, 15) is 9.00 Å². The van der Waals surface area contributed by atoms with Gasteiger partial charge in [-0.2, -0.15) is 0 Å². The number of aldehydes is 1. The van der Waals surface area contributed by atoms with Gasteiger partial charge in [-0.3, -0.25) is 9.00 Å². The summed E-state index contributed by atoms with van der Waals surface area (Å²) in [6.45, 7) is 1.98. The molecule has 0 saturated heterocycles. The molecule has 2 aromatic rings. The Morgan fingerprint density at radius 1 is 1.18 bits per heavy atom. The monoisotopic (exact) mass is 248 g/mol. The van der Waals surface area contributed by atoms with Crippen molar-refractivity contribution < 1.29 is 13.4 Å². The quantitative estimate of drug-likeness (QED) is 0.781. The first-order chi connectivity index (χ1) is 8.19. The van der Waals surface area contributed by atoms with Crippen molar-refractivity contribution in [2.45, 2.75) is 17.6 Å². The molecule has 1 unspecified atom stereocenters. The van der Waals surface area contributed by atoms with Crippen molar-refractivity contribution in [3.8, 4) is 0 Å². The maximum Gasteiger partial charge on any atom is 0.185 e. The fourth-order valence-electron chi connectivity index (χ4n) is 1.44. The van der Waals surface area contributed by atoms with Crippen LogP contribution in [0.25, 0.3) is 0 Å². The predicted molar refractivity (Wildman–Crippen MR) is 65.4 cm³/mol. The van der Waals surface area contributed by atoms with Gasteiger partial charge in [0.2, 0.25) is 0 Å². The van der Waals surface area contributed by atoms with Crippen LogP contribution in [0.2, 0.25) is 0 Å². The Morgan fingerprint density at radius 2 is 1.88 bits per heavy atom. The molecule has 1 heterocycles. The molecule has 88 valence electrons. The molecule has 4 heteroatoms. The van der Waals surface area contributed by atoms with Crippen molar-refractivity contribution in [2.24, 2.45) is 0 Å². The highest BCUT2D eigenvalue weighted by Gasteiger charge is 2.08. The Hall–Kier alpha value is -1.68. The van der Waals surface area contributed by atoms with Crippen LogP contribution in [0.1, 0.15) is 21.9 Å². The average Bonchev–Trinajstić information content (AvgIpc) is 2.77. The molecule has 0 aliphatic rings. The fourth-order valence-corrected chi connectivity index (χ4v) is 2.46. The van der Waals surface area contributed by atoms with Gasteiger partial charge in [0, 0.05) is 4.90 Å². The summed E-state index contributed by atoms with van der Waals surface area (Å²) in [5.74, 6) is 1.11. The molecule has 0 amide bonds. The summed E-state index contributed by atoms with van der Waals surface area (Å²) in [5.41, 5.74) is 1.13. The fraction of sp³-hybridized carbons (Fsp3) is 0.154. The van der Waals surface area contributed by atoms with E-state index >= 15 is 0 Å². The van der Waals surface area contributed by atoms with Crippen molar-refractivity contribution in [1.29, 1.82) is 0 Å². The third-order valence-electron chi connectivity index (χ3n) is 2.36. The smallest absolute Gasteiger partial charge is 0.185 e. The highest BCUT2D eigenvalue weighted by Crippen LogP contribution is 2.14. The van der Waals surface area contributed by atoms with Crippen LogP contribution in [0.4, 0.5) is 0 Å². The Kier molecular flexibility index (Phi) is 3.54. The van der Waals surface area contributed by atoms with Gasteiger partial charge in [0.25, 0.3) is 0 Å². The molecule has 1 aromatic heterocycles. The van der Waals surface area contributed by atoms with E-state index in [2.05, 4.69) is 0 Å². The number of rotatable bonds is 4. The third kappa shape index (κ3) is 2.91. The number of hydrogen-bond donors (Lipinski definition) is 0. The van der Waals surface area contributed by atoms with Gasteiger partial charge in [-0.1, -0.05) is 17.7 Å². The summed E-state index contributed by atoms with van der Waals surface area (Å²) >= 11 is 0. The van der Waals surface area contributed by atoms with Gasteiger partial charge in [0.05, 0.1) is 16.6 Å². The second-order valence-electron chi connectivity index (χ2n) is 3.72. The predicted octanol–water partition coefficient (Wildman–Crippen LogP) is 2.71. The number of aryl methyl sites for hydroxylation is 1. The lowest BCUT2D eigenvalue weighted by Gasteiger charge is -2.00. The summed E-state index contributed by atoms with van der Waals surface area (Å²) in [5, 5.41) is 0. The standard InChI is InChI=1S/C13H12O3S/c1-10-2-6-13(7-3-10)17(15)9-12-5-4-11(8-14)16-12/h2-8H,9H2,1H3. The highest BCUT2D eigenvalue weighted by molar-refractivity contribution is 7.84. The van der Waals surface area contributed by atoms with Crippen LogP contribution in [0.5, 0.6) is 0 Å². The largest absolute Gasteiger partial charge is 0.457 e. The Balaban J connectivity index is 2.11. The first-order valence-electron chi connectivity index (χ1n) is 5.18. The van der Waals surface area contributed by atoms with Crippen LogP contribution < -0.4 is 0 Å².